The van der Waals surface area contributed by atoms with Gasteiger partial charge in [0.2, 0.25) is 5.91 Å². The predicted octanol–water partition coefficient (Wildman–Crippen LogP) is 2.71. The Kier molecular flexibility index (Phi) is 10.0. The summed E-state index contributed by atoms with van der Waals surface area (Å²) in [4.78, 5) is 16.5. The fraction of sp³-hybridized carbons (Fsp3) is 0.263. The number of benzene rings is 2. The number of methoxy groups -OCH3 is 1. The smallest absolute Gasteiger partial charge is 0.243 e. The van der Waals surface area contributed by atoms with Gasteiger partial charge in [-0.2, -0.15) is 0 Å². The Balaban J connectivity index is 0.00000364. The highest BCUT2D eigenvalue weighted by Crippen LogP contribution is 2.17. The third-order valence-electron chi connectivity index (χ3n) is 3.51. The van der Waals surface area contributed by atoms with Gasteiger partial charge in [-0.15, -0.1) is 24.0 Å². The second kappa shape index (κ2) is 12.0. The van der Waals surface area contributed by atoms with Crippen LogP contribution in [0.15, 0.2) is 53.5 Å². The summed E-state index contributed by atoms with van der Waals surface area (Å²) >= 11 is 0. The van der Waals surface area contributed by atoms with Gasteiger partial charge in [0.25, 0.3) is 0 Å². The molecule has 4 N–H and O–H groups in total. The minimum Gasteiger partial charge on any atom is -0.508 e. The molecule has 0 unspecified atom stereocenters. The van der Waals surface area contributed by atoms with Crippen molar-refractivity contribution in [2.75, 3.05) is 25.5 Å². The number of nitrogens with one attached hydrogen (secondary N) is 3. The van der Waals surface area contributed by atoms with Crippen molar-refractivity contribution in [3.8, 4) is 11.5 Å². The Morgan fingerprint density at radius 1 is 1.11 bits per heavy atom. The second-order valence-corrected chi connectivity index (χ2v) is 5.46. The standard InChI is InChI=1S/C19H24N4O3.HI/c1-3-20-19(21-12-14-6-4-5-7-17(14)26-2)22-13-18(25)23-15-8-10-16(24)11-9-15;/h4-11,24H,3,12-13H2,1-2H3,(H,23,25)(H2,20,21,22);1H. The van der Waals surface area contributed by atoms with Crippen molar-refractivity contribution in [2.45, 2.75) is 13.5 Å². The molecule has 146 valence electrons. The normalized spacial score (nSPS) is 10.5. The van der Waals surface area contributed by atoms with E-state index in [1.54, 1.807) is 19.2 Å². The van der Waals surface area contributed by atoms with Crippen LogP contribution in [0.3, 0.4) is 0 Å². The lowest BCUT2D eigenvalue weighted by molar-refractivity contribution is -0.115. The quantitative estimate of drug-likeness (QED) is 0.210. The van der Waals surface area contributed by atoms with Crippen molar-refractivity contribution in [3.05, 3.63) is 54.1 Å². The minimum atomic E-state index is -0.210. The fourth-order valence-electron chi connectivity index (χ4n) is 2.25. The number of phenols is 1. The summed E-state index contributed by atoms with van der Waals surface area (Å²) in [6.07, 6.45) is 0. The number of aliphatic imine (C=N–C) groups is 1. The number of phenolic OH excluding ortho intramolecular Hbond substituents is 1. The summed E-state index contributed by atoms with van der Waals surface area (Å²) < 4.78 is 5.32. The Labute approximate surface area is 176 Å². The van der Waals surface area contributed by atoms with Crippen LogP contribution in [0.4, 0.5) is 5.69 Å². The third-order valence-corrected chi connectivity index (χ3v) is 3.51. The molecule has 0 radical (unpaired) electrons. The maximum absolute atomic E-state index is 12.0. The van der Waals surface area contributed by atoms with E-state index in [-0.39, 0.29) is 42.2 Å². The maximum atomic E-state index is 12.0. The van der Waals surface area contributed by atoms with Gasteiger partial charge in [-0.05, 0) is 37.3 Å². The zero-order valence-electron chi connectivity index (χ0n) is 15.4. The molecule has 0 aliphatic carbocycles. The van der Waals surface area contributed by atoms with E-state index in [9.17, 15) is 9.90 Å². The van der Waals surface area contributed by atoms with Gasteiger partial charge in [0.15, 0.2) is 5.96 Å². The number of ether oxygens (including phenoxy) is 1. The first-order chi connectivity index (χ1) is 12.6. The van der Waals surface area contributed by atoms with E-state index >= 15 is 0 Å². The Morgan fingerprint density at radius 2 is 1.81 bits per heavy atom. The van der Waals surface area contributed by atoms with Crippen LogP contribution in [0.5, 0.6) is 11.5 Å². The lowest BCUT2D eigenvalue weighted by Gasteiger charge is -2.12. The number of hydrogen-bond acceptors (Lipinski definition) is 4. The number of amides is 1. The molecule has 0 fully saturated rings. The molecule has 0 aromatic heterocycles. The lowest BCUT2D eigenvalue weighted by atomic mass is 10.2. The van der Waals surface area contributed by atoms with E-state index in [1.807, 2.05) is 31.2 Å². The molecular weight excluding hydrogens is 459 g/mol. The van der Waals surface area contributed by atoms with Crippen molar-refractivity contribution >= 4 is 41.5 Å². The highest BCUT2D eigenvalue weighted by molar-refractivity contribution is 14.0. The van der Waals surface area contributed by atoms with Crippen LogP contribution in [0.25, 0.3) is 0 Å². The van der Waals surface area contributed by atoms with E-state index < -0.39 is 0 Å². The van der Waals surface area contributed by atoms with Gasteiger partial charge < -0.3 is 25.8 Å². The molecule has 0 aliphatic rings. The summed E-state index contributed by atoms with van der Waals surface area (Å²) in [6, 6.07) is 14.0. The molecule has 2 aromatic rings. The van der Waals surface area contributed by atoms with Crippen LogP contribution in [-0.4, -0.2) is 37.2 Å². The van der Waals surface area contributed by atoms with Crippen LogP contribution in [0, 0.1) is 0 Å². The molecule has 0 saturated heterocycles. The summed E-state index contributed by atoms with van der Waals surface area (Å²) in [5, 5.41) is 18.1. The fourth-order valence-corrected chi connectivity index (χ4v) is 2.25. The molecule has 27 heavy (non-hydrogen) atoms. The molecule has 0 saturated carbocycles. The lowest BCUT2D eigenvalue weighted by Crippen LogP contribution is -2.41. The first-order valence-corrected chi connectivity index (χ1v) is 8.35. The molecule has 0 atom stereocenters. The van der Waals surface area contributed by atoms with Gasteiger partial charge in [0, 0.05) is 17.8 Å². The molecule has 0 spiro atoms. The molecule has 7 nitrogen and oxygen atoms in total. The van der Waals surface area contributed by atoms with Gasteiger partial charge >= 0.3 is 0 Å². The zero-order valence-corrected chi connectivity index (χ0v) is 17.7. The number of halogens is 1. The van der Waals surface area contributed by atoms with Crippen LogP contribution < -0.4 is 20.7 Å². The molecule has 2 aromatic carbocycles. The number of para-hydroxylation sites is 1. The number of carbonyl (C=O) groups excluding carboxylic acids is 1. The molecule has 1 amide bonds. The van der Waals surface area contributed by atoms with E-state index in [0.29, 0.717) is 24.7 Å². The Morgan fingerprint density at radius 3 is 2.48 bits per heavy atom. The van der Waals surface area contributed by atoms with Gasteiger partial charge in [0.05, 0.1) is 20.2 Å². The largest absolute Gasteiger partial charge is 0.508 e. The Hall–Kier alpha value is -2.49. The first kappa shape index (κ1) is 22.6. The molecule has 8 heteroatoms. The topological polar surface area (TPSA) is 95.0 Å². The van der Waals surface area contributed by atoms with E-state index in [1.165, 1.54) is 12.1 Å². The van der Waals surface area contributed by atoms with Gasteiger partial charge in [-0.1, -0.05) is 18.2 Å². The molecule has 0 aliphatic heterocycles. The van der Waals surface area contributed by atoms with Crippen LogP contribution in [0.2, 0.25) is 0 Å². The summed E-state index contributed by atoms with van der Waals surface area (Å²) in [6.45, 7) is 3.13. The molecular formula is C19H25IN4O3. The van der Waals surface area contributed by atoms with Crippen LogP contribution in [-0.2, 0) is 11.3 Å². The first-order valence-electron chi connectivity index (χ1n) is 8.35. The summed E-state index contributed by atoms with van der Waals surface area (Å²) in [7, 11) is 1.62. The number of aromatic hydroxyl groups is 1. The van der Waals surface area contributed by atoms with Crippen molar-refractivity contribution in [1.29, 1.82) is 0 Å². The highest BCUT2D eigenvalue weighted by atomic mass is 127. The predicted molar refractivity (Wildman–Crippen MR) is 118 cm³/mol. The average Bonchev–Trinajstić information content (AvgIpc) is 2.66. The summed E-state index contributed by atoms with van der Waals surface area (Å²) in [5.74, 6) is 1.26. The van der Waals surface area contributed by atoms with Gasteiger partial charge in [0.1, 0.15) is 11.5 Å². The molecule has 0 bridgehead atoms. The van der Waals surface area contributed by atoms with E-state index in [4.69, 9.17) is 4.74 Å². The van der Waals surface area contributed by atoms with E-state index in [0.717, 1.165) is 11.3 Å². The minimum absolute atomic E-state index is 0. The monoisotopic (exact) mass is 484 g/mol. The SMILES string of the molecule is CCNC(=NCc1ccccc1OC)NCC(=O)Nc1ccc(O)cc1.I. The van der Waals surface area contributed by atoms with Gasteiger partial charge in [-0.3, -0.25) is 4.79 Å². The van der Waals surface area contributed by atoms with E-state index in [2.05, 4.69) is 20.9 Å². The maximum Gasteiger partial charge on any atom is 0.243 e. The number of rotatable bonds is 7. The zero-order chi connectivity index (χ0) is 18.8. The number of guanidine groups is 1. The van der Waals surface area contributed by atoms with Gasteiger partial charge in [-0.25, -0.2) is 4.99 Å². The van der Waals surface area contributed by atoms with Crippen molar-refractivity contribution < 1.29 is 14.6 Å². The highest BCUT2D eigenvalue weighted by Gasteiger charge is 2.06. The van der Waals surface area contributed by atoms with Crippen molar-refractivity contribution in [3.63, 3.8) is 0 Å². The van der Waals surface area contributed by atoms with Crippen molar-refractivity contribution in [1.82, 2.24) is 10.6 Å². The number of nitrogens with zero attached hydrogens (tertiary/aromatic N) is 1. The summed E-state index contributed by atoms with van der Waals surface area (Å²) in [5.41, 5.74) is 1.58. The Bertz CT molecular complexity index is 751. The molecule has 2 rings (SSSR count). The number of carbonyl (C=O) groups is 1. The molecule has 0 heterocycles. The average molecular weight is 484 g/mol. The van der Waals surface area contributed by atoms with Crippen LogP contribution in [0.1, 0.15) is 12.5 Å². The van der Waals surface area contributed by atoms with Crippen molar-refractivity contribution in [2.24, 2.45) is 4.99 Å². The van der Waals surface area contributed by atoms with Crippen LogP contribution >= 0.6 is 24.0 Å². The third kappa shape index (κ3) is 7.73. The number of hydrogen-bond donors (Lipinski definition) is 4. The second-order valence-electron chi connectivity index (χ2n) is 5.46. The number of anilines is 1.